The Hall–Kier alpha value is -0.870. The van der Waals surface area contributed by atoms with Crippen molar-refractivity contribution in [3.8, 4) is 0 Å². The summed E-state index contributed by atoms with van der Waals surface area (Å²) in [4.78, 5) is 10.2. The van der Waals surface area contributed by atoms with Crippen LogP contribution in [0.3, 0.4) is 0 Å². The molecule has 1 aliphatic rings. The van der Waals surface area contributed by atoms with Crippen LogP contribution in [0.5, 0.6) is 0 Å². The number of hydrogen-bond donors (Lipinski definition) is 1. The van der Waals surface area contributed by atoms with Gasteiger partial charge in [-0.1, -0.05) is 30.9 Å². The molecule has 100 valence electrons. The average molecular weight is 270 g/mol. The molecule has 18 heavy (non-hydrogen) atoms. The summed E-state index contributed by atoms with van der Waals surface area (Å²) >= 11 is 5.98. The van der Waals surface area contributed by atoms with Crippen LogP contribution in [0, 0.1) is 5.92 Å². The average Bonchev–Trinajstić information content (AvgIpc) is 2.39. The van der Waals surface area contributed by atoms with Gasteiger partial charge in [0, 0.05) is 13.6 Å². The Bertz CT molecular complexity index is 394. The molecular weight excluding hydrogens is 250 g/mol. The van der Waals surface area contributed by atoms with Crippen LogP contribution in [0.15, 0.2) is 6.33 Å². The minimum Gasteiger partial charge on any atom is -0.391 e. The molecule has 1 saturated carbocycles. The summed E-state index contributed by atoms with van der Waals surface area (Å²) in [6, 6.07) is 0. The molecule has 0 atom stereocenters. The van der Waals surface area contributed by atoms with E-state index < -0.39 is 0 Å². The van der Waals surface area contributed by atoms with E-state index in [0.717, 1.165) is 18.3 Å². The maximum Gasteiger partial charge on any atom is 0.140 e. The van der Waals surface area contributed by atoms with E-state index in [9.17, 15) is 5.11 Å². The number of aliphatic hydroxyl groups excluding tert-OH is 1. The van der Waals surface area contributed by atoms with E-state index in [1.807, 2.05) is 7.05 Å². The summed E-state index contributed by atoms with van der Waals surface area (Å²) in [6.07, 6.45) is 8.05. The van der Waals surface area contributed by atoms with Crippen LogP contribution in [0.2, 0.25) is 5.15 Å². The van der Waals surface area contributed by atoms with Crippen molar-refractivity contribution in [3.05, 3.63) is 17.0 Å². The number of rotatable bonds is 4. The van der Waals surface area contributed by atoms with Crippen LogP contribution in [-0.2, 0) is 6.61 Å². The summed E-state index contributed by atoms with van der Waals surface area (Å²) in [5.41, 5.74) is 0.623. The van der Waals surface area contributed by atoms with E-state index in [0.29, 0.717) is 10.7 Å². The molecule has 0 amide bonds. The first-order chi connectivity index (χ1) is 8.72. The van der Waals surface area contributed by atoms with Crippen molar-refractivity contribution >= 4 is 17.4 Å². The first-order valence-corrected chi connectivity index (χ1v) is 6.91. The number of halogens is 1. The van der Waals surface area contributed by atoms with Crippen molar-refractivity contribution in [2.24, 2.45) is 5.92 Å². The van der Waals surface area contributed by atoms with Crippen LogP contribution >= 0.6 is 11.6 Å². The molecule has 0 aromatic carbocycles. The van der Waals surface area contributed by atoms with Gasteiger partial charge in [-0.25, -0.2) is 9.97 Å². The maximum absolute atomic E-state index is 9.36. The van der Waals surface area contributed by atoms with Crippen molar-refractivity contribution in [2.75, 3.05) is 18.5 Å². The molecule has 1 aromatic heterocycles. The fourth-order valence-corrected chi connectivity index (χ4v) is 2.88. The predicted octanol–water partition coefficient (Wildman–Crippen LogP) is 2.64. The van der Waals surface area contributed by atoms with Gasteiger partial charge in [0.1, 0.15) is 17.3 Å². The molecule has 1 N–H and O–H groups in total. The SMILES string of the molecule is CN(CC1CCCCC1)c1ncnc(Cl)c1CO. The first kappa shape index (κ1) is 13.6. The predicted molar refractivity (Wildman–Crippen MR) is 72.8 cm³/mol. The Labute approximate surface area is 113 Å². The van der Waals surface area contributed by atoms with E-state index in [1.165, 1.54) is 38.4 Å². The Balaban J connectivity index is 2.07. The van der Waals surface area contributed by atoms with Crippen LogP contribution < -0.4 is 4.90 Å². The molecule has 0 saturated heterocycles. The normalized spacial score (nSPS) is 16.8. The lowest BCUT2D eigenvalue weighted by Gasteiger charge is -2.28. The van der Waals surface area contributed by atoms with Gasteiger partial charge in [0.2, 0.25) is 0 Å². The second-order valence-electron chi connectivity index (χ2n) is 5.01. The van der Waals surface area contributed by atoms with Crippen molar-refractivity contribution in [3.63, 3.8) is 0 Å². The fraction of sp³-hybridized carbons (Fsp3) is 0.692. The standard InChI is InChI=1S/C13H20ClN3O/c1-17(7-10-5-3-2-4-6-10)13-11(8-18)12(14)15-9-16-13/h9-10,18H,2-8H2,1H3. The molecule has 4 nitrogen and oxygen atoms in total. The van der Waals surface area contributed by atoms with E-state index >= 15 is 0 Å². The molecule has 0 bridgehead atoms. The molecule has 0 spiro atoms. The van der Waals surface area contributed by atoms with Gasteiger partial charge in [0.05, 0.1) is 12.2 Å². The van der Waals surface area contributed by atoms with Crippen LogP contribution in [-0.4, -0.2) is 28.7 Å². The summed E-state index contributed by atoms with van der Waals surface area (Å²) in [5.74, 6) is 1.48. The lowest BCUT2D eigenvalue weighted by Crippen LogP contribution is -2.28. The highest BCUT2D eigenvalue weighted by atomic mass is 35.5. The molecule has 5 heteroatoms. The minimum atomic E-state index is -0.121. The highest BCUT2D eigenvalue weighted by molar-refractivity contribution is 6.30. The maximum atomic E-state index is 9.36. The van der Waals surface area contributed by atoms with Crippen LogP contribution in [0.4, 0.5) is 5.82 Å². The second-order valence-corrected chi connectivity index (χ2v) is 5.37. The fourth-order valence-electron chi connectivity index (χ4n) is 2.69. The number of hydrogen-bond acceptors (Lipinski definition) is 4. The van der Waals surface area contributed by atoms with E-state index in [-0.39, 0.29) is 6.61 Å². The van der Waals surface area contributed by atoms with E-state index in [4.69, 9.17) is 11.6 Å². The lowest BCUT2D eigenvalue weighted by atomic mass is 9.89. The van der Waals surface area contributed by atoms with Gasteiger partial charge < -0.3 is 10.0 Å². The molecule has 2 rings (SSSR count). The van der Waals surface area contributed by atoms with Gasteiger partial charge >= 0.3 is 0 Å². The Morgan fingerprint density at radius 2 is 2.06 bits per heavy atom. The minimum absolute atomic E-state index is 0.121. The zero-order chi connectivity index (χ0) is 13.0. The second kappa shape index (κ2) is 6.34. The number of aromatic nitrogens is 2. The van der Waals surface area contributed by atoms with E-state index in [1.54, 1.807) is 0 Å². The molecule has 1 aromatic rings. The third-order valence-corrected chi connectivity index (χ3v) is 3.97. The number of aliphatic hydroxyl groups is 1. The highest BCUT2D eigenvalue weighted by Gasteiger charge is 2.18. The Kier molecular flexibility index (Phi) is 4.78. The summed E-state index contributed by atoms with van der Waals surface area (Å²) < 4.78 is 0. The molecule has 1 heterocycles. The van der Waals surface area contributed by atoms with Crippen LogP contribution in [0.25, 0.3) is 0 Å². The van der Waals surface area contributed by atoms with Gasteiger partial charge in [-0.3, -0.25) is 0 Å². The third-order valence-electron chi connectivity index (χ3n) is 3.65. The van der Waals surface area contributed by atoms with Crippen molar-refractivity contribution < 1.29 is 5.11 Å². The number of anilines is 1. The zero-order valence-electron chi connectivity index (χ0n) is 10.8. The Morgan fingerprint density at radius 3 is 2.72 bits per heavy atom. The first-order valence-electron chi connectivity index (χ1n) is 6.53. The van der Waals surface area contributed by atoms with Crippen molar-refractivity contribution in [1.29, 1.82) is 0 Å². The monoisotopic (exact) mass is 269 g/mol. The molecule has 0 aliphatic heterocycles. The smallest absolute Gasteiger partial charge is 0.140 e. The largest absolute Gasteiger partial charge is 0.391 e. The molecular formula is C13H20ClN3O. The summed E-state index contributed by atoms with van der Waals surface area (Å²) in [6.45, 7) is 0.852. The molecule has 1 aliphatic carbocycles. The zero-order valence-corrected chi connectivity index (χ0v) is 11.5. The van der Waals surface area contributed by atoms with Gasteiger partial charge in [0.25, 0.3) is 0 Å². The topological polar surface area (TPSA) is 49.2 Å². The van der Waals surface area contributed by atoms with Gasteiger partial charge in [-0.15, -0.1) is 0 Å². The highest BCUT2D eigenvalue weighted by Crippen LogP contribution is 2.27. The quantitative estimate of drug-likeness (QED) is 0.854. The van der Waals surface area contributed by atoms with Crippen molar-refractivity contribution in [2.45, 2.75) is 38.7 Å². The molecule has 0 radical (unpaired) electrons. The van der Waals surface area contributed by atoms with Crippen molar-refractivity contribution in [1.82, 2.24) is 9.97 Å². The van der Waals surface area contributed by atoms with Crippen LogP contribution in [0.1, 0.15) is 37.7 Å². The van der Waals surface area contributed by atoms with Gasteiger partial charge in [-0.05, 0) is 18.8 Å². The molecule has 1 fully saturated rings. The summed E-state index contributed by atoms with van der Waals surface area (Å²) in [7, 11) is 2.01. The Morgan fingerprint density at radius 1 is 1.33 bits per heavy atom. The third kappa shape index (κ3) is 3.12. The molecule has 0 unspecified atom stereocenters. The van der Waals surface area contributed by atoms with Gasteiger partial charge in [-0.2, -0.15) is 0 Å². The summed E-state index contributed by atoms with van der Waals surface area (Å²) in [5, 5.41) is 9.71. The van der Waals surface area contributed by atoms with E-state index in [2.05, 4.69) is 14.9 Å². The number of nitrogens with zero attached hydrogens (tertiary/aromatic N) is 3. The lowest BCUT2D eigenvalue weighted by molar-refractivity contribution is 0.281. The van der Waals surface area contributed by atoms with Gasteiger partial charge in [0.15, 0.2) is 0 Å².